The predicted molar refractivity (Wildman–Crippen MR) is 59.6 cm³/mol. The minimum absolute atomic E-state index is 0.234. The molecule has 0 aliphatic carbocycles. The first-order valence-electron chi connectivity index (χ1n) is 4.43. The highest BCUT2D eigenvalue weighted by molar-refractivity contribution is 9.10. The molecule has 0 radical (unpaired) electrons. The first kappa shape index (κ1) is 9.46. The number of rotatable bonds is 1. The van der Waals surface area contributed by atoms with E-state index in [2.05, 4.69) is 15.9 Å². The molecule has 2 rings (SSSR count). The molecule has 0 unspecified atom stereocenters. The number of halogens is 1. The average Bonchev–Trinajstić information content (AvgIpc) is 2.17. The molecule has 0 amide bonds. The Balaban J connectivity index is 2.80. The summed E-state index contributed by atoms with van der Waals surface area (Å²) < 4.78 is 6.15. The van der Waals surface area contributed by atoms with Crippen molar-refractivity contribution >= 4 is 26.9 Å². The van der Waals surface area contributed by atoms with E-state index >= 15 is 0 Å². The number of hydrogen-bond acceptors (Lipinski definition) is 2. The Hall–Kier alpha value is -1.09. The summed E-state index contributed by atoms with van der Waals surface area (Å²) in [5, 5.41) is 0.954. The Morgan fingerprint density at radius 3 is 2.86 bits per heavy atom. The van der Waals surface area contributed by atoms with Crippen molar-refractivity contribution in [2.24, 2.45) is 0 Å². The fourth-order valence-corrected chi connectivity index (χ4v) is 1.76. The summed E-state index contributed by atoms with van der Waals surface area (Å²) in [5.41, 5.74) is 1.12. The lowest BCUT2D eigenvalue weighted by Crippen LogP contribution is -2.05. The van der Waals surface area contributed by atoms with Gasteiger partial charge in [0, 0.05) is 15.4 Å². The molecule has 0 saturated carbocycles. The molecule has 3 heteroatoms. The molecule has 72 valence electrons. The lowest BCUT2D eigenvalue weighted by molar-refractivity contribution is 0.551. The fraction of sp³-hybridized carbons (Fsp3) is 0.182. The van der Waals surface area contributed by atoms with E-state index in [1.54, 1.807) is 6.07 Å². The SMILES string of the molecule is CCc1cc2cc(Br)ccc2oc1=O. The molecule has 0 saturated heterocycles. The van der Waals surface area contributed by atoms with E-state index in [-0.39, 0.29) is 5.63 Å². The minimum Gasteiger partial charge on any atom is -0.423 e. The van der Waals surface area contributed by atoms with Gasteiger partial charge in [0.15, 0.2) is 0 Å². The van der Waals surface area contributed by atoms with Gasteiger partial charge in [-0.05, 0) is 30.7 Å². The highest BCUT2D eigenvalue weighted by Gasteiger charge is 2.03. The third-order valence-corrected chi connectivity index (χ3v) is 2.64. The van der Waals surface area contributed by atoms with Crippen molar-refractivity contribution in [1.29, 1.82) is 0 Å². The molecule has 0 aliphatic heterocycles. The van der Waals surface area contributed by atoms with Crippen LogP contribution in [0.4, 0.5) is 0 Å². The minimum atomic E-state index is -0.234. The van der Waals surface area contributed by atoms with Crippen LogP contribution < -0.4 is 5.63 Å². The van der Waals surface area contributed by atoms with Gasteiger partial charge in [-0.2, -0.15) is 0 Å². The molecule has 2 nitrogen and oxygen atoms in total. The van der Waals surface area contributed by atoms with E-state index < -0.39 is 0 Å². The molecule has 1 heterocycles. The first-order valence-corrected chi connectivity index (χ1v) is 5.22. The predicted octanol–water partition coefficient (Wildman–Crippen LogP) is 3.12. The number of fused-ring (bicyclic) bond motifs is 1. The van der Waals surface area contributed by atoms with Gasteiger partial charge < -0.3 is 4.42 Å². The summed E-state index contributed by atoms with van der Waals surface area (Å²) in [4.78, 5) is 11.4. The van der Waals surface area contributed by atoms with Crippen molar-refractivity contribution in [3.05, 3.63) is 44.7 Å². The lowest BCUT2D eigenvalue weighted by Gasteiger charge is -1.99. The van der Waals surface area contributed by atoms with E-state index in [1.807, 2.05) is 25.1 Å². The van der Waals surface area contributed by atoms with Gasteiger partial charge in [-0.3, -0.25) is 0 Å². The van der Waals surface area contributed by atoms with Crippen molar-refractivity contribution in [2.75, 3.05) is 0 Å². The number of benzene rings is 1. The summed E-state index contributed by atoms with van der Waals surface area (Å²) in [6, 6.07) is 7.47. The average molecular weight is 253 g/mol. The third-order valence-electron chi connectivity index (χ3n) is 2.15. The lowest BCUT2D eigenvalue weighted by atomic mass is 10.1. The maximum atomic E-state index is 11.4. The van der Waals surface area contributed by atoms with Gasteiger partial charge in [0.2, 0.25) is 0 Å². The van der Waals surface area contributed by atoms with Crippen LogP contribution in [0.25, 0.3) is 11.0 Å². The molecule has 0 fully saturated rings. The molecule has 1 aromatic carbocycles. The molecular formula is C11H9BrO2. The molecular weight excluding hydrogens is 244 g/mol. The molecule has 0 atom stereocenters. The van der Waals surface area contributed by atoms with Crippen LogP contribution in [0.2, 0.25) is 0 Å². The topological polar surface area (TPSA) is 30.2 Å². The quantitative estimate of drug-likeness (QED) is 0.731. The van der Waals surface area contributed by atoms with Crippen LogP contribution in [0.5, 0.6) is 0 Å². The maximum Gasteiger partial charge on any atom is 0.339 e. The zero-order chi connectivity index (χ0) is 10.1. The second-order valence-electron chi connectivity index (χ2n) is 3.09. The largest absolute Gasteiger partial charge is 0.423 e. The molecule has 0 spiro atoms. The summed E-state index contributed by atoms with van der Waals surface area (Å²) >= 11 is 3.38. The second-order valence-corrected chi connectivity index (χ2v) is 4.01. The Kier molecular flexibility index (Phi) is 2.42. The summed E-state index contributed by atoms with van der Waals surface area (Å²) in [7, 11) is 0. The van der Waals surface area contributed by atoms with Crippen molar-refractivity contribution < 1.29 is 4.42 Å². The zero-order valence-electron chi connectivity index (χ0n) is 7.71. The van der Waals surface area contributed by atoms with E-state index in [4.69, 9.17) is 4.42 Å². The van der Waals surface area contributed by atoms with Crippen LogP contribution in [0.15, 0.2) is 37.9 Å². The van der Waals surface area contributed by atoms with Crippen molar-refractivity contribution in [3.63, 3.8) is 0 Å². The molecule has 0 N–H and O–H groups in total. The van der Waals surface area contributed by atoms with Crippen LogP contribution in [-0.2, 0) is 6.42 Å². The monoisotopic (exact) mass is 252 g/mol. The number of hydrogen-bond donors (Lipinski definition) is 0. The molecule has 2 aromatic rings. The molecule has 0 aliphatic rings. The Morgan fingerprint density at radius 2 is 2.14 bits per heavy atom. The Bertz CT molecular complexity index is 528. The highest BCUT2D eigenvalue weighted by Crippen LogP contribution is 2.19. The second kappa shape index (κ2) is 3.58. The van der Waals surface area contributed by atoms with Gasteiger partial charge in [-0.25, -0.2) is 4.79 Å². The van der Waals surface area contributed by atoms with E-state index in [0.29, 0.717) is 12.0 Å². The Labute approximate surface area is 89.7 Å². The third kappa shape index (κ3) is 1.60. The fourth-order valence-electron chi connectivity index (χ4n) is 1.38. The van der Waals surface area contributed by atoms with Crippen molar-refractivity contribution in [3.8, 4) is 0 Å². The summed E-state index contributed by atoms with van der Waals surface area (Å²) in [6.07, 6.45) is 0.699. The zero-order valence-corrected chi connectivity index (χ0v) is 9.30. The summed E-state index contributed by atoms with van der Waals surface area (Å²) in [6.45, 7) is 1.94. The first-order chi connectivity index (χ1) is 6.70. The van der Waals surface area contributed by atoms with Crippen LogP contribution in [0.3, 0.4) is 0 Å². The molecule has 14 heavy (non-hydrogen) atoms. The van der Waals surface area contributed by atoms with Gasteiger partial charge in [0.25, 0.3) is 0 Å². The van der Waals surface area contributed by atoms with Gasteiger partial charge in [0.05, 0.1) is 0 Å². The van der Waals surface area contributed by atoms with Gasteiger partial charge >= 0.3 is 5.63 Å². The maximum absolute atomic E-state index is 11.4. The van der Waals surface area contributed by atoms with Crippen molar-refractivity contribution in [1.82, 2.24) is 0 Å². The van der Waals surface area contributed by atoms with Crippen LogP contribution in [0, 0.1) is 0 Å². The van der Waals surface area contributed by atoms with E-state index in [0.717, 1.165) is 15.4 Å². The molecule has 1 aromatic heterocycles. The van der Waals surface area contributed by atoms with Crippen molar-refractivity contribution in [2.45, 2.75) is 13.3 Å². The van der Waals surface area contributed by atoms with Gasteiger partial charge in [0.1, 0.15) is 5.58 Å². The smallest absolute Gasteiger partial charge is 0.339 e. The highest BCUT2D eigenvalue weighted by atomic mass is 79.9. The van der Waals surface area contributed by atoms with Crippen LogP contribution in [0.1, 0.15) is 12.5 Å². The number of aryl methyl sites for hydroxylation is 1. The van der Waals surface area contributed by atoms with E-state index in [9.17, 15) is 4.79 Å². The van der Waals surface area contributed by atoms with E-state index in [1.165, 1.54) is 0 Å². The normalized spacial score (nSPS) is 10.7. The Morgan fingerprint density at radius 1 is 1.36 bits per heavy atom. The van der Waals surface area contributed by atoms with Gasteiger partial charge in [-0.1, -0.05) is 22.9 Å². The van der Waals surface area contributed by atoms with Gasteiger partial charge in [-0.15, -0.1) is 0 Å². The summed E-state index contributed by atoms with van der Waals surface area (Å²) in [5.74, 6) is 0. The standard InChI is InChI=1S/C11H9BrO2/c1-2-7-5-8-6-9(12)3-4-10(8)14-11(7)13/h3-6H,2H2,1H3. The van der Waals surface area contributed by atoms with Crippen LogP contribution >= 0.6 is 15.9 Å². The van der Waals surface area contributed by atoms with Crippen LogP contribution in [-0.4, -0.2) is 0 Å². The molecule has 0 bridgehead atoms.